The third-order valence-electron chi connectivity index (χ3n) is 4.42. The van der Waals surface area contributed by atoms with Crippen LogP contribution in [0.1, 0.15) is 63.9 Å². The van der Waals surface area contributed by atoms with Crippen LogP contribution in [-0.2, 0) is 15.4 Å². The minimum absolute atomic E-state index is 0.0781. The molecule has 0 amide bonds. The first-order valence-corrected chi connectivity index (χ1v) is 11.5. The summed E-state index contributed by atoms with van der Waals surface area (Å²) in [4.78, 5) is 9.04. The first-order chi connectivity index (χ1) is 12.7. The van der Waals surface area contributed by atoms with Crippen molar-refractivity contribution in [2.24, 2.45) is 0 Å². The number of hydrogen-bond acceptors (Lipinski definition) is 7. The predicted octanol–water partition coefficient (Wildman–Crippen LogP) is 3.79. The summed E-state index contributed by atoms with van der Waals surface area (Å²) in [5.74, 6) is 1.21. The summed E-state index contributed by atoms with van der Waals surface area (Å²) >= 11 is 1.46. The molecule has 1 aliphatic heterocycles. The van der Waals surface area contributed by atoms with Gasteiger partial charge in [0.15, 0.2) is 5.82 Å². The number of piperidine rings is 1. The smallest absolute Gasteiger partial charge is 0.244 e. The lowest BCUT2D eigenvalue weighted by Crippen LogP contribution is -2.35. The van der Waals surface area contributed by atoms with E-state index < -0.39 is 10.0 Å². The second kappa shape index (κ2) is 7.89. The molecule has 0 radical (unpaired) electrons. The molecule has 148 valence electrons. The molecule has 9 heteroatoms. The highest BCUT2D eigenvalue weighted by atomic mass is 32.2. The van der Waals surface area contributed by atoms with Gasteiger partial charge in [0.1, 0.15) is 4.90 Å². The van der Waals surface area contributed by atoms with Crippen LogP contribution in [0.3, 0.4) is 0 Å². The van der Waals surface area contributed by atoms with Crippen LogP contribution in [-0.4, -0.2) is 40.9 Å². The van der Waals surface area contributed by atoms with Crippen molar-refractivity contribution in [1.82, 2.24) is 19.4 Å². The van der Waals surface area contributed by atoms with Gasteiger partial charge in [-0.15, -0.1) is 0 Å². The van der Waals surface area contributed by atoms with Crippen LogP contribution in [0.4, 0.5) is 0 Å². The molecule has 1 fully saturated rings. The molecular formula is C18H26N4O3S2. The van der Waals surface area contributed by atoms with Gasteiger partial charge in [-0.3, -0.25) is 0 Å². The van der Waals surface area contributed by atoms with E-state index in [1.807, 2.05) is 27.7 Å². The average molecular weight is 411 g/mol. The van der Waals surface area contributed by atoms with Crippen molar-refractivity contribution in [1.29, 1.82) is 0 Å². The van der Waals surface area contributed by atoms with Crippen LogP contribution in [0.5, 0.6) is 0 Å². The Morgan fingerprint density at radius 1 is 1.19 bits per heavy atom. The van der Waals surface area contributed by atoms with Gasteiger partial charge < -0.3 is 4.52 Å². The van der Waals surface area contributed by atoms with E-state index in [1.54, 1.807) is 16.4 Å². The Morgan fingerprint density at radius 2 is 1.89 bits per heavy atom. The Kier molecular flexibility index (Phi) is 5.93. The average Bonchev–Trinajstić information content (AvgIpc) is 3.14. The molecule has 7 nitrogen and oxygen atoms in total. The van der Waals surface area contributed by atoms with Crippen molar-refractivity contribution in [2.75, 3.05) is 13.1 Å². The van der Waals surface area contributed by atoms with Crippen LogP contribution in [0, 0.1) is 0 Å². The van der Waals surface area contributed by atoms with Gasteiger partial charge in [-0.05, 0) is 31.9 Å². The predicted molar refractivity (Wildman–Crippen MR) is 104 cm³/mol. The largest absolute Gasteiger partial charge is 0.338 e. The quantitative estimate of drug-likeness (QED) is 0.693. The normalized spacial score (nSPS) is 17.8. The topological polar surface area (TPSA) is 89.2 Å². The van der Waals surface area contributed by atoms with Crippen molar-refractivity contribution in [2.45, 2.75) is 67.5 Å². The Hall–Kier alpha value is -1.45. The second-order valence-corrected chi connectivity index (χ2v) is 11.1. The molecule has 0 spiro atoms. The minimum Gasteiger partial charge on any atom is -0.338 e. The highest BCUT2D eigenvalue weighted by Gasteiger charge is 2.27. The standard InChI is InChI=1S/C18H26N4O3S2/c1-13(16-20-17(21-25-16)18(2,3)4)26-15-9-8-14(12-19-15)27(23,24)22-10-6-5-7-11-22/h8-9,12-13H,5-7,10-11H2,1-4H3. The van der Waals surface area contributed by atoms with E-state index in [-0.39, 0.29) is 15.6 Å². The molecule has 3 heterocycles. The molecule has 1 atom stereocenters. The number of rotatable bonds is 5. The molecule has 2 aromatic rings. The summed E-state index contributed by atoms with van der Waals surface area (Å²) < 4.78 is 32.3. The fraction of sp³-hybridized carbons (Fsp3) is 0.611. The van der Waals surface area contributed by atoms with Crippen molar-refractivity contribution in [3.63, 3.8) is 0 Å². The molecule has 1 saturated heterocycles. The summed E-state index contributed by atoms with van der Waals surface area (Å²) in [6, 6.07) is 3.36. The maximum absolute atomic E-state index is 12.7. The van der Waals surface area contributed by atoms with Crippen molar-refractivity contribution < 1.29 is 12.9 Å². The van der Waals surface area contributed by atoms with Crippen LogP contribution in [0.15, 0.2) is 32.8 Å². The third-order valence-corrected chi connectivity index (χ3v) is 7.34. The Balaban J connectivity index is 1.69. The molecule has 1 aliphatic rings. The van der Waals surface area contributed by atoms with Gasteiger partial charge >= 0.3 is 0 Å². The highest BCUT2D eigenvalue weighted by Crippen LogP contribution is 2.34. The Bertz CT molecular complexity index is 867. The van der Waals surface area contributed by atoms with Gasteiger partial charge in [-0.25, -0.2) is 13.4 Å². The Morgan fingerprint density at radius 3 is 2.44 bits per heavy atom. The Labute approximate surface area is 165 Å². The van der Waals surface area contributed by atoms with Gasteiger partial charge in [0, 0.05) is 24.7 Å². The first kappa shape index (κ1) is 20.3. The van der Waals surface area contributed by atoms with Gasteiger partial charge in [0.05, 0.1) is 10.3 Å². The summed E-state index contributed by atoms with van der Waals surface area (Å²) in [6.07, 6.45) is 4.36. The van der Waals surface area contributed by atoms with E-state index in [1.165, 1.54) is 18.0 Å². The van der Waals surface area contributed by atoms with Crippen LogP contribution in [0.25, 0.3) is 0 Å². The van der Waals surface area contributed by atoms with Crippen LogP contribution >= 0.6 is 11.8 Å². The van der Waals surface area contributed by atoms with E-state index >= 15 is 0 Å². The van der Waals surface area contributed by atoms with E-state index in [0.29, 0.717) is 24.8 Å². The van der Waals surface area contributed by atoms with E-state index in [2.05, 4.69) is 15.1 Å². The number of nitrogens with zero attached hydrogens (tertiary/aromatic N) is 4. The molecule has 0 N–H and O–H groups in total. The van der Waals surface area contributed by atoms with Gasteiger partial charge in [-0.2, -0.15) is 9.29 Å². The summed E-state index contributed by atoms with van der Waals surface area (Å²) in [5.41, 5.74) is -0.172. The molecule has 27 heavy (non-hydrogen) atoms. The number of pyridine rings is 1. The van der Waals surface area contributed by atoms with Gasteiger partial charge in [-0.1, -0.05) is 44.1 Å². The van der Waals surface area contributed by atoms with Crippen molar-refractivity contribution in [3.05, 3.63) is 30.0 Å². The molecule has 3 rings (SSSR count). The summed E-state index contributed by atoms with van der Waals surface area (Å²) in [6.45, 7) is 9.23. The fourth-order valence-corrected chi connectivity index (χ4v) is 5.06. The fourth-order valence-electron chi connectivity index (χ4n) is 2.78. The zero-order valence-electron chi connectivity index (χ0n) is 16.2. The molecule has 1 unspecified atom stereocenters. The number of sulfonamides is 1. The van der Waals surface area contributed by atoms with Crippen LogP contribution in [0.2, 0.25) is 0 Å². The number of hydrogen-bond donors (Lipinski definition) is 0. The van der Waals surface area contributed by atoms with Crippen molar-refractivity contribution in [3.8, 4) is 0 Å². The van der Waals surface area contributed by atoms with E-state index in [4.69, 9.17) is 4.52 Å². The van der Waals surface area contributed by atoms with Crippen molar-refractivity contribution >= 4 is 21.8 Å². The maximum atomic E-state index is 12.7. The summed E-state index contributed by atoms with van der Waals surface area (Å²) in [7, 11) is -3.45. The molecule has 0 aliphatic carbocycles. The highest BCUT2D eigenvalue weighted by molar-refractivity contribution is 7.99. The molecule has 0 bridgehead atoms. The zero-order chi connectivity index (χ0) is 19.7. The SMILES string of the molecule is CC(Sc1ccc(S(=O)(=O)N2CCCCC2)cn1)c1nc(C(C)(C)C)no1. The van der Waals surface area contributed by atoms with E-state index in [0.717, 1.165) is 24.3 Å². The molecule has 2 aromatic heterocycles. The first-order valence-electron chi connectivity index (χ1n) is 9.15. The minimum atomic E-state index is -3.45. The maximum Gasteiger partial charge on any atom is 0.244 e. The van der Waals surface area contributed by atoms with E-state index in [9.17, 15) is 8.42 Å². The molecule has 0 saturated carbocycles. The zero-order valence-corrected chi connectivity index (χ0v) is 17.8. The van der Waals surface area contributed by atoms with Gasteiger partial charge in [0.2, 0.25) is 15.9 Å². The number of thioether (sulfide) groups is 1. The molecule has 0 aromatic carbocycles. The van der Waals surface area contributed by atoms with Crippen LogP contribution < -0.4 is 0 Å². The third kappa shape index (κ3) is 4.70. The number of aromatic nitrogens is 3. The van der Waals surface area contributed by atoms with Gasteiger partial charge in [0.25, 0.3) is 0 Å². The second-order valence-electron chi connectivity index (χ2n) is 7.76. The lowest BCUT2D eigenvalue weighted by Gasteiger charge is -2.25. The molecular weight excluding hydrogens is 384 g/mol. The lowest BCUT2D eigenvalue weighted by atomic mass is 9.96. The lowest BCUT2D eigenvalue weighted by molar-refractivity contribution is 0.346. The summed E-state index contributed by atoms with van der Waals surface area (Å²) in [5, 5.41) is 4.68. The monoisotopic (exact) mass is 410 g/mol.